The van der Waals surface area contributed by atoms with Crippen molar-refractivity contribution in [2.45, 2.75) is 129 Å². The number of carbonyl (C=O) groups is 3. The van der Waals surface area contributed by atoms with Crippen LogP contribution in [0.3, 0.4) is 0 Å². The van der Waals surface area contributed by atoms with Gasteiger partial charge in [0.15, 0.2) is 0 Å². The molecule has 0 saturated carbocycles. The van der Waals surface area contributed by atoms with Gasteiger partial charge in [0.2, 0.25) is 11.8 Å². The van der Waals surface area contributed by atoms with Crippen LogP contribution in [0.25, 0.3) is 0 Å². The van der Waals surface area contributed by atoms with Crippen LogP contribution in [-0.4, -0.2) is 112 Å². The molecule has 0 radical (unpaired) electrons. The maximum absolute atomic E-state index is 13.8. The zero-order valence-corrected chi connectivity index (χ0v) is 48.7. The highest BCUT2D eigenvalue weighted by atomic mass is 32.2. The number of hydrogen-bond acceptors (Lipinski definition) is 17. The summed E-state index contributed by atoms with van der Waals surface area (Å²) in [6.45, 7) is 14.9. The Kier molecular flexibility index (Phi) is 22.8. The minimum absolute atomic E-state index is 0.0242. The average molecular weight is 1140 g/mol. The molecule has 2 amide bonds. The Bertz CT molecular complexity index is 3030. The van der Waals surface area contributed by atoms with Crippen LogP contribution in [0.15, 0.2) is 111 Å². The number of esters is 1. The van der Waals surface area contributed by atoms with E-state index in [4.69, 9.17) is 32.7 Å². The fraction of sp³-hybridized carbons (Fsp3) is 0.474. The van der Waals surface area contributed by atoms with Crippen LogP contribution in [0, 0.1) is 23.7 Å². The Labute approximate surface area is 471 Å². The molecule has 80 heavy (non-hydrogen) atoms. The molecular weight excluding hydrogens is 1070 g/mol. The van der Waals surface area contributed by atoms with Crippen LogP contribution in [0.5, 0.6) is 11.5 Å². The average Bonchev–Trinajstić information content (AvgIpc) is 4.00. The molecule has 3 aromatic carbocycles. The first-order valence-corrected chi connectivity index (χ1v) is 28.4. The van der Waals surface area contributed by atoms with Gasteiger partial charge in [0.25, 0.3) is 14.1 Å². The zero-order chi connectivity index (χ0) is 58.1. The maximum atomic E-state index is 13.8. The number of carbonyl (C=O) groups excluding carboxylic acids is 3. The summed E-state index contributed by atoms with van der Waals surface area (Å²) in [5.41, 5.74) is -0.852. The van der Waals surface area contributed by atoms with E-state index in [1.807, 2.05) is 107 Å². The van der Waals surface area contributed by atoms with Crippen LogP contribution < -0.4 is 37.0 Å². The standard InChI is InChI=1S/C57H73N8O13PS/c1-37(2)65(38(3)4)79(76-30-14-27-58)78-46-31-50(77-47(46)35-75-57(41-15-12-11-13-16-41,42-18-22-44(72-9)23-19-42)43-20-24-45(73-10)25-21-43)64-33-40(51(68)61-55(64)71)17-26-48(66)59-28-29-60-49(67)34-63-32-39(5)52(62-54(63)70)80-36-74-53(69)56(6,7)8/h11-13,15-16,18-25,32-33,37-38,46-47,50H,14,17,26,28-31,34-36H2,1-10H3,(H,59,66)(H,60,67)(H,61,68,71)/t46-,47+,50+,79?/m0/s1. The fourth-order valence-corrected chi connectivity index (χ4v) is 11.4. The summed E-state index contributed by atoms with van der Waals surface area (Å²) in [5, 5.41) is 15.3. The van der Waals surface area contributed by atoms with Crippen LogP contribution in [0.1, 0.15) is 102 Å². The Hall–Kier alpha value is -6.70. The van der Waals surface area contributed by atoms with Crippen molar-refractivity contribution >= 4 is 38.1 Å². The molecule has 3 N–H and O–H groups in total. The van der Waals surface area contributed by atoms with Gasteiger partial charge in [-0.25, -0.2) is 14.3 Å². The summed E-state index contributed by atoms with van der Waals surface area (Å²) in [6.07, 6.45) is 0.380. The van der Waals surface area contributed by atoms with E-state index in [9.17, 15) is 34.0 Å². The summed E-state index contributed by atoms with van der Waals surface area (Å²) in [7, 11) is 1.39. The second kappa shape index (κ2) is 29.1. The third-order valence-corrected chi connectivity index (χ3v) is 16.0. The Morgan fingerprint density at radius 2 is 1.49 bits per heavy atom. The molecule has 6 rings (SSSR count). The Morgan fingerprint density at radius 3 is 2.06 bits per heavy atom. The minimum Gasteiger partial charge on any atom is -0.497 e. The molecule has 3 heterocycles. The van der Waals surface area contributed by atoms with E-state index in [2.05, 4.69) is 31.3 Å². The number of aromatic amines is 1. The zero-order valence-electron chi connectivity index (χ0n) is 47.0. The number of nitrogens with one attached hydrogen (secondary N) is 3. The third kappa shape index (κ3) is 16.5. The van der Waals surface area contributed by atoms with Crippen molar-refractivity contribution in [1.29, 1.82) is 5.26 Å². The summed E-state index contributed by atoms with van der Waals surface area (Å²) < 4.78 is 48.4. The van der Waals surface area contributed by atoms with Crippen LogP contribution in [0.2, 0.25) is 0 Å². The predicted molar refractivity (Wildman–Crippen MR) is 302 cm³/mol. The van der Waals surface area contributed by atoms with Crippen molar-refractivity contribution in [1.82, 2.24) is 34.4 Å². The lowest BCUT2D eigenvalue weighted by Gasteiger charge is -2.39. The molecule has 2 aromatic heterocycles. The quantitative estimate of drug-likeness (QED) is 0.00877. The molecule has 0 bridgehead atoms. The monoisotopic (exact) mass is 1140 g/mol. The van der Waals surface area contributed by atoms with Crippen molar-refractivity contribution in [3.8, 4) is 17.6 Å². The molecule has 0 spiro atoms. The van der Waals surface area contributed by atoms with Gasteiger partial charge < -0.3 is 43.4 Å². The summed E-state index contributed by atoms with van der Waals surface area (Å²) in [5.74, 6) is -0.0186. The first-order chi connectivity index (χ1) is 38.2. The summed E-state index contributed by atoms with van der Waals surface area (Å²) >= 11 is 1.10. The summed E-state index contributed by atoms with van der Waals surface area (Å²) in [4.78, 5) is 84.3. The number of nitriles is 1. The molecule has 1 unspecified atom stereocenters. The van der Waals surface area contributed by atoms with Gasteiger partial charge in [-0.1, -0.05) is 66.4 Å². The fourth-order valence-electron chi connectivity index (χ4n) is 8.89. The van der Waals surface area contributed by atoms with E-state index in [0.717, 1.165) is 33.0 Å². The van der Waals surface area contributed by atoms with Crippen LogP contribution in [0.4, 0.5) is 0 Å². The topological polar surface area (TPSA) is 257 Å². The Morgan fingerprint density at radius 1 is 0.887 bits per heavy atom. The lowest BCUT2D eigenvalue weighted by molar-refractivity contribution is -0.150. The van der Waals surface area contributed by atoms with Gasteiger partial charge in [-0.2, -0.15) is 10.2 Å². The number of nitrogens with zero attached hydrogens (tertiary/aromatic N) is 5. The smallest absolute Gasteiger partial charge is 0.349 e. The molecule has 1 fully saturated rings. The van der Waals surface area contributed by atoms with Gasteiger partial charge in [0, 0.05) is 56.0 Å². The highest BCUT2D eigenvalue weighted by Gasteiger charge is 2.45. The lowest BCUT2D eigenvalue weighted by atomic mass is 9.80. The first kappa shape index (κ1) is 62.5. The molecular formula is C57H73N8O13PS. The second-order valence-corrected chi connectivity index (χ2v) is 22.8. The number of aromatic nitrogens is 4. The molecule has 1 aliphatic rings. The number of aryl methyl sites for hydroxylation is 2. The van der Waals surface area contributed by atoms with Gasteiger partial charge in [-0.3, -0.25) is 33.3 Å². The predicted octanol–water partition coefficient (Wildman–Crippen LogP) is 6.88. The number of benzene rings is 3. The summed E-state index contributed by atoms with van der Waals surface area (Å²) in [6, 6.07) is 27.1. The minimum atomic E-state index is -1.81. The number of methoxy groups -OCH3 is 2. The third-order valence-electron chi connectivity index (χ3n) is 12.9. The molecule has 5 aromatic rings. The Balaban J connectivity index is 1.19. The number of rotatable bonds is 28. The van der Waals surface area contributed by atoms with Gasteiger partial charge >= 0.3 is 17.3 Å². The molecule has 23 heteroatoms. The van der Waals surface area contributed by atoms with E-state index in [0.29, 0.717) is 22.1 Å². The van der Waals surface area contributed by atoms with Gasteiger partial charge in [0.05, 0.1) is 51.4 Å². The first-order valence-electron chi connectivity index (χ1n) is 26.3. The van der Waals surface area contributed by atoms with Gasteiger partial charge in [0.1, 0.15) is 46.9 Å². The van der Waals surface area contributed by atoms with E-state index < -0.39 is 66.7 Å². The van der Waals surface area contributed by atoms with Gasteiger partial charge in [-0.05, 0) is 108 Å². The number of amides is 2. The number of ether oxygens (including phenoxy) is 5. The SMILES string of the molecule is COc1ccc(C(OC[C@H]2O[C@@H](n3cc(CCC(=O)NCCNC(=O)Cn4cc(C)c(SCOC(=O)C(C)(C)C)nc4=O)c(=O)[nH]c3=O)C[C@@H]2OP(OCCC#N)N(C(C)C)C(C)C)(c2ccccc2)c2ccc(OC)cc2)cc1. The van der Waals surface area contributed by atoms with E-state index >= 15 is 0 Å². The molecule has 1 aliphatic heterocycles. The lowest BCUT2D eigenvalue weighted by Crippen LogP contribution is -2.39. The van der Waals surface area contributed by atoms with Crippen molar-refractivity contribution in [2.75, 3.05) is 46.5 Å². The van der Waals surface area contributed by atoms with Crippen molar-refractivity contribution in [3.05, 3.63) is 150 Å². The largest absolute Gasteiger partial charge is 0.497 e. The van der Waals surface area contributed by atoms with E-state index in [1.54, 1.807) is 41.9 Å². The number of H-pyrrole nitrogens is 1. The van der Waals surface area contributed by atoms with Crippen molar-refractivity contribution in [2.24, 2.45) is 5.41 Å². The second-order valence-electron chi connectivity index (χ2n) is 20.5. The highest BCUT2D eigenvalue weighted by molar-refractivity contribution is 7.99. The normalized spacial score (nSPS) is 15.9. The van der Waals surface area contributed by atoms with E-state index in [-0.39, 0.29) is 88.1 Å². The number of hydrogen-bond donors (Lipinski definition) is 3. The van der Waals surface area contributed by atoms with Crippen LogP contribution in [-0.2, 0) is 56.2 Å². The molecule has 1 saturated heterocycles. The van der Waals surface area contributed by atoms with E-state index in [1.165, 1.54) is 17.0 Å². The van der Waals surface area contributed by atoms with Crippen molar-refractivity contribution < 1.29 is 47.1 Å². The molecule has 21 nitrogen and oxygen atoms in total. The highest BCUT2D eigenvalue weighted by Crippen LogP contribution is 2.51. The molecule has 0 aliphatic carbocycles. The molecule has 430 valence electrons. The van der Waals surface area contributed by atoms with Crippen LogP contribution >= 0.6 is 20.3 Å². The van der Waals surface area contributed by atoms with Gasteiger partial charge in [-0.15, -0.1) is 0 Å². The van der Waals surface area contributed by atoms with Crippen molar-refractivity contribution in [3.63, 3.8) is 0 Å². The molecule has 4 atom stereocenters. The number of thioether (sulfide) groups is 1. The maximum Gasteiger partial charge on any atom is 0.349 e.